The summed E-state index contributed by atoms with van der Waals surface area (Å²) in [6.07, 6.45) is 3.75. The van der Waals surface area contributed by atoms with Crippen LogP contribution in [0.15, 0.2) is 48.8 Å². The number of aryl methyl sites for hydroxylation is 1. The van der Waals surface area contributed by atoms with Gasteiger partial charge in [0.25, 0.3) is 0 Å². The first kappa shape index (κ1) is 13.3. The standard InChI is InChI=1S/C16H17N5/c1-3-21-10-9-18-16(21)13-11-14(17-2)20-15(19-13)12-7-5-4-6-8-12/h4-11H,3H2,1-2H3,(H,17,19,20). The van der Waals surface area contributed by atoms with Gasteiger partial charge in [-0.2, -0.15) is 0 Å². The SMILES string of the molecule is CCn1ccnc1-c1cc(NC)nc(-c2ccccc2)n1. The fourth-order valence-corrected chi connectivity index (χ4v) is 2.20. The normalized spacial score (nSPS) is 10.6. The molecule has 0 radical (unpaired) electrons. The van der Waals surface area contributed by atoms with Gasteiger partial charge in [0.2, 0.25) is 0 Å². The minimum atomic E-state index is 0.697. The lowest BCUT2D eigenvalue weighted by atomic mass is 10.2. The van der Waals surface area contributed by atoms with Gasteiger partial charge in [0.1, 0.15) is 11.5 Å². The van der Waals surface area contributed by atoms with E-state index < -0.39 is 0 Å². The fourth-order valence-electron chi connectivity index (χ4n) is 2.20. The molecule has 0 aliphatic carbocycles. The quantitative estimate of drug-likeness (QED) is 0.797. The molecule has 3 aromatic rings. The summed E-state index contributed by atoms with van der Waals surface area (Å²) in [4.78, 5) is 13.6. The van der Waals surface area contributed by atoms with E-state index in [1.54, 1.807) is 6.20 Å². The topological polar surface area (TPSA) is 55.6 Å². The third-order valence-corrected chi connectivity index (χ3v) is 3.30. The van der Waals surface area contributed by atoms with Gasteiger partial charge in [0.15, 0.2) is 11.6 Å². The summed E-state index contributed by atoms with van der Waals surface area (Å²) >= 11 is 0. The molecular formula is C16H17N5. The number of aromatic nitrogens is 4. The lowest BCUT2D eigenvalue weighted by Gasteiger charge is -2.09. The first-order valence-corrected chi connectivity index (χ1v) is 6.95. The van der Waals surface area contributed by atoms with Crippen LogP contribution in [-0.4, -0.2) is 26.6 Å². The van der Waals surface area contributed by atoms with Crippen molar-refractivity contribution >= 4 is 5.82 Å². The number of rotatable bonds is 4. The van der Waals surface area contributed by atoms with Crippen LogP contribution in [0.3, 0.4) is 0 Å². The van der Waals surface area contributed by atoms with Crippen molar-refractivity contribution in [2.24, 2.45) is 0 Å². The molecule has 0 saturated carbocycles. The van der Waals surface area contributed by atoms with Gasteiger partial charge in [-0.15, -0.1) is 0 Å². The number of imidazole rings is 1. The number of hydrogen-bond donors (Lipinski definition) is 1. The van der Waals surface area contributed by atoms with Crippen LogP contribution in [0.4, 0.5) is 5.82 Å². The molecule has 5 nitrogen and oxygen atoms in total. The molecule has 0 atom stereocenters. The van der Waals surface area contributed by atoms with Crippen LogP contribution in [-0.2, 0) is 6.54 Å². The second kappa shape index (κ2) is 5.75. The van der Waals surface area contributed by atoms with Crippen LogP contribution in [0.1, 0.15) is 6.92 Å². The molecule has 2 aromatic heterocycles. The number of nitrogens with zero attached hydrogens (tertiary/aromatic N) is 4. The van der Waals surface area contributed by atoms with E-state index in [1.165, 1.54) is 0 Å². The Morgan fingerprint density at radius 3 is 2.67 bits per heavy atom. The average Bonchev–Trinajstić information content (AvgIpc) is 3.04. The highest BCUT2D eigenvalue weighted by Gasteiger charge is 2.11. The molecule has 3 rings (SSSR count). The molecule has 0 aliphatic rings. The Labute approximate surface area is 123 Å². The summed E-state index contributed by atoms with van der Waals surface area (Å²) in [7, 11) is 1.85. The Morgan fingerprint density at radius 1 is 1.14 bits per heavy atom. The summed E-state index contributed by atoms with van der Waals surface area (Å²) in [5.41, 5.74) is 1.81. The van der Waals surface area contributed by atoms with Gasteiger partial charge in [-0.25, -0.2) is 15.0 Å². The third kappa shape index (κ3) is 2.63. The van der Waals surface area contributed by atoms with E-state index in [9.17, 15) is 0 Å². The van der Waals surface area contributed by atoms with Gasteiger partial charge >= 0.3 is 0 Å². The van der Waals surface area contributed by atoms with E-state index in [1.807, 2.05) is 49.6 Å². The van der Waals surface area contributed by atoms with Crippen molar-refractivity contribution in [3.8, 4) is 22.9 Å². The zero-order valence-corrected chi connectivity index (χ0v) is 12.1. The molecule has 1 N–H and O–H groups in total. The van der Waals surface area contributed by atoms with Crippen molar-refractivity contribution in [1.29, 1.82) is 0 Å². The fraction of sp³-hybridized carbons (Fsp3) is 0.188. The number of nitrogens with one attached hydrogen (secondary N) is 1. The number of anilines is 1. The zero-order valence-electron chi connectivity index (χ0n) is 12.1. The molecule has 0 aliphatic heterocycles. The summed E-state index contributed by atoms with van der Waals surface area (Å²) in [5, 5.41) is 3.09. The van der Waals surface area contributed by atoms with E-state index >= 15 is 0 Å². The molecule has 1 aromatic carbocycles. The molecule has 5 heteroatoms. The van der Waals surface area contributed by atoms with Gasteiger partial charge in [-0.3, -0.25) is 0 Å². The van der Waals surface area contributed by atoms with Crippen molar-refractivity contribution in [3.05, 3.63) is 48.8 Å². The van der Waals surface area contributed by atoms with Crippen molar-refractivity contribution < 1.29 is 0 Å². The molecule has 0 fully saturated rings. The van der Waals surface area contributed by atoms with E-state index in [0.29, 0.717) is 5.82 Å². The molecule has 0 unspecified atom stereocenters. The predicted molar refractivity (Wildman–Crippen MR) is 83.9 cm³/mol. The minimum absolute atomic E-state index is 0.697. The Balaban J connectivity index is 2.14. The molecule has 106 valence electrons. The predicted octanol–water partition coefficient (Wildman–Crippen LogP) is 3.07. The van der Waals surface area contributed by atoms with Gasteiger partial charge in [-0.05, 0) is 6.92 Å². The smallest absolute Gasteiger partial charge is 0.162 e. The highest BCUT2D eigenvalue weighted by Crippen LogP contribution is 2.23. The average molecular weight is 279 g/mol. The van der Waals surface area contributed by atoms with Crippen LogP contribution in [0.2, 0.25) is 0 Å². The maximum atomic E-state index is 4.67. The molecule has 2 heterocycles. The van der Waals surface area contributed by atoms with Gasteiger partial charge in [0, 0.05) is 37.6 Å². The van der Waals surface area contributed by atoms with Crippen molar-refractivity contribution in [2.75, 3.05) is 12.4 Å². The molecule has 21 heavy (non-hydrogen) atoms. The van der Waals surface area contributed by atoms with Gasteiger partial charge in [-0.1, -0.05) is 30.3 Å². The van der Waals surface area contributed by atoms with E-state index in [2.05, 4.69) is 31.8 Å². The van der Waals surface area contributed by atoms with E-state index in [4.69, 9.17) is 0 Å². The molecular weight excluding hydrogens is 262 g/mol. The zero-order chi connectivity index (χ0) is 14.7. The van der Waals surface area contributed by atoms with Crippen LogP contribution < -0.4 is 5.32 Å². The Bertz CT molecular complexity index is 733. The van der Waals surface area contributed by atoms with Crippen LogP contribution in [0, 0.1) is 0 Å². The lowest BCUT2D eigenvalue weighted by Crippen LogP contribution is -2.02. The largest absolute Gasteiger partial charge is 0.373 e. The highest BCUT2D eigenvalue weighted by atomic mass is 15.1. The van der Waals surface area contributed by atoms with Crippen molar-refractivity contribution in [3.63, 3.8) is 0 Å². The second-order valence-corrected chi connectivity index (χ2v) is 4.61. The van der Waals surface area contributed by atoms with Gasteiger partial charge < -0.3 is 9.88 Å². The first-order chi connectivity index (χ1) is 10.3. The minimum Gasteiger partial charge on any atom is -0.373 e. The Hall–Kier alpha value is -2.69. The Morgan fingerprint density at radius 2 is 1.95 bits per heavy atom. The van der Waals surface area contributed by atoms with Gasteiger partial charge in [0.05, 0.1) is 0 Å². The number of benzene rings is 1. The third-order valence-electron chi connectivity index (χ3n) is 3.30. The molecule has 0 saturated heterocycles. The molecule has 0 spiro atoms. The highest BCUT2D eigenvalue weighted by molar-refractivity contribution is 5.63. The van der Waals surface area contributed by atoms with E-state index in [-0.39, 0.29) is 0 Å². The molecule has 0 amide bonds. The first-order valence-electron chi connectivity index (χ1n) is 6.95. The van der Waals surface area contributed by atoms with Crippen molar-refractivity contribution in [2.45, 2.75) is 13.5 Å². The van der Waals surface area contributed by atoms with Crippen LogP contribution >= 0.6 is 0 Å². The van der Waals surface area contributed by atoms with Crippen LogP contribution in [0.5, 0.6) is 0 Å². The molecule has 0 bridgehead atoms. The van der Waals surface area contributed by atoms with E-state index in [0.717, 1.165) is 29.4 Å². The number of hydrogen-bond acceptors (Lipinski definition) is 4. The van der Waals surface area contributed by atoms with Crippen LogP contribution in [0.25, 0.3) is 22.9 Å². The second-order valence-electron chi connectivity index (χ2n) is 4.61. The Kier molecular flexibility index (Phi) is 3.64. The monoisotopic (exact) mass is 279 g/mol. The summed E-state index contributed by atoms with van der Waals surface area (Å²) < 4.78 is 2.07. The van der Waals surface area contributed by atoms with Crippen molar-refractivity contribution in [1.82, 2.24) is 19.5 Å². The maximum absolute atomic E-state index is 4.67. The lowest BCUT2D eigenvalue weighted by molar-refractivity contribution is 0.768. The summed E-state index contributed by atoms with van der Waals surface area (Å²) in [6, 6.07) is 11.9. The maximum Gasteiger partial charge on any atom is 0.162 e. The summed E-state index contributed by atoms with van der Waals surface area (Å²) in [5.74, 6) is 2.33. The summed E-state index contributed by atoms with van der Waals surface area (Å²) in [6.45, 7) is 2.94.